The van der Waals surface area contributed by atoms with Crippen molar-refractivity contribution in [2.75, 3.05) is 0 Å². The zero-order valence-electron chi connectivity index (χ0n) is 9.22. The third-order valence-electron chi connectivity index (χ3n) is 3.07. The van der Waals surface area contributed by atoms with E-state index in [0.29, 0.717) is 5.88 Å². The zero-order valence-corrected chi connectivity index (χ0v) is 9.22. The van der Waals surface area contributed by atoms with Gasteiger partial charge in [0, 0.05) is 11.8 Å². The maximum absolute atomic E-state index is 10.8. The molecule has 2 heterocycles. The molecular weight excluding hydrogens is 220 g/mol. The van der Waals surface area contributed by atoms with Crippen molar-refractivity contribution in [3.8, 4) is 5.88 Å². The van der Waals surface area contributed by atoms with Gasteiger partial charge in [-0.15, -0.1) is 0 Å². The summed E-state index contributed by atoms with van der Waals surface area (Å²) >= 11 is 0. The summed E-state index contributed by atoms with van der Waals surface area (Å²) in [4.78, 5) is 15.1. The van der Waals surface area contributed by atoms with Gasteiger partial charge in [-0.2, -0.15) is 0 Å². The van der Waals surface area contributed by atoms with Gasteiger partial charge in [0.25, 0.3) is 0 Å². The summed E-state index contributed by atoms with van der Waals surface area (Å²) in [6.45, 7) is 0. The van der Waals surface area contributed by atoms with E-state index in [9.17, 15) is 4.79 Å². The van der Waals surface area contributed by atoms with Gasteiger partial charge in [-0.25, -0.2) is 9.78 Å². The van der Waals surface area contributed by atoms with E-state index in [2.05, 4.69) is 4.98 Å². The highest BCUT2D eigenvalue weighted by molar-refractivity contribution is 5.84. The van der Waals surface area contributed by atoms with Crippen LogP contribution in [0.4, 0.5) is 0 Å². The number of aryl methyl sites for hydroxylation is 1. The number of fused-ring (bicyclic) bond motifs is 1. The molecule has 0 amide bonds. The predicted octanol–water partition coefficient (Wildman–Crippen LogP) is 2.04. The number of carboxylic acids is 1. The van der Waals surface area contributed by atoms with Crippen LogP contribution in [0.3, 0.4) is 0 Å². The van der Waals surface area contributed by atoms with Gasteiger partial charge in [0.2, 0.25) is 11.6 Å². The fourth-order valence-corrected chi connectivity index (χ4v) is 2.23. The minimum atomic E-state index is -1.05. The van der Waals surface area contributed by atoms with Crippen molar-refractivity contribution < 1.29 is 14.3 Å². The Morgan fingerprint density at radius 3 is 2.94 bits per heavy atom. The van der Waals surface area contributed by atoms with Gasteiger partial charge in [0.1, 0.15) is 6.33 Å². The average molecular weight is 232 g/mol. The topological polar surface area (TPSA) is 68.3 Å². The highest BCUT2D eigenvalue weighted by Crippen LogP contribution is 2.24. The molecule has 0 aliphatic heterocycles. The number of carboxylic acid groups (broad SMARTS) is 1. The third-order valence-corrected chi connectivity index (χ3v) is 3.07. The number of furan rings is 1. The highest BCUT2D eigenvalue weighted by atomic mass is 16.4. The van der Waals surface area contributed by atoms with Crippen molar-refractivity contribution in [3.63, 3.8) is 0 Å². The fourth-order valence-electron chi connectivity index (χ4n) is 2.23. The van der Waals surface area contributed by atoms with Crippen molar-refractivity contribution in [3.05, 3.63) is 35.6 Å². The Balaban J connectivity index is 2.03. The lowest BCUT2D eigenvalue weighted by Crippen LogP contribution is -2.06. The summed E-state index contributed by atoms with van der Waals surface area (Å²) in [6, 6.07) is 3.13. The summed E-state index contributed by atoms with van der Waals surface area (Å²) in [7, 11) is 0. The largest absolute Gasteiger partial charge is 0.475 e. The maximum atomic E-state index is 10.8. The zero-order chi connectivity index (χ0) is 11.8. The molecular formula is C12H12N2O3. The van der Waals surface area contributed by atoms with E-state index in [1.165, 1.54) is 12.5 Å². The lowest BCUT2D eigenvalue weighted by atomic mass is 10.0. The van der Waals surface area contributed by atoms with Crippen LogP contribution in [-0.2, 0) is 12.8 Å². The SMILES string of the molecule is O=C(O)c1ccc(-n2cnc3c2CCCC3)o1. The highest BCUT2D eigenvalue weighted by Gasteiger charge is 2.18. The number of carbonyl (C=O) groups is 1. The molecule has 0 bridgehead atoms. The smallest absolute Gasteiger partial charge is 0.371 e. The second-order valence-corrected chi connectivity index (χ2v) is 4.16. The Kier molecular flexibility index (Phi) is 2.24. The Morgan fingerprint density at radius 2 is 2.18 bits per heavy atom. The number of nitrogens with zero attached hydrogens (tertiary/aromatic N) is 2. The molecule has 1 aliphatic carbocycles. The average Bonchev–Trinajstić information content (AvgIpc) is 2.95. The van der Waals surface area contributed by atoms with Gasteiger partial charge in [-0.05, 0) is 31.7 Å². The Labute approximate surface area is 97.7 Å². The van der Waals surface area contributed by atoms with E-state index in [4.69, 9.17) is 9.52 Å². The molecule has 0 unspecified atom stereocenters. The van der Waals surface area contributed by atoms with E-state index in [1.54, 1.807) is 12.4 Å². The molecule has 0 saturated heterocycles. The Hall–Kier alpha value is -2.04. The molecule has 1 N–H and O–H groups in total. The summed E-state index contributed by atoms with van der Waals surface area (Å²) in [5.41, 5.74) is 2.24. The van der Waals surface area contributed by atoms with Crippen molar-refractivity contribution >= 4 is 5.97 Å². The molecule has 0 atom stereocenters. The van der Waals surface area contributed by atoms with E-state index in [1.807, 2.05) is 4.57 Å². The fraction of sp³-hybridized carbons (Fsp3) is 0.333. The minimum Gasteiger partial charge on any atom is -0.475 e. The van der Waals surface area contributed by atoms with E-state index >= 15 is 0 Å². The van der Waals surface area contributed by atoms with Crippen LogP contribution in [0.2, 0.25) is 0 Å². The standard InChI is InChI=1S/C12H12N2O3/c15-12(16)10-5-6-11(17-10)14-7-13-8-3-1-2-4-9(8)14/h5-7H,1-4H2,(H,15,16). The summed E-state index contributed by atoms with van der Waals surface area (Å²) in [5, 5.41) is 8.82. The van der Waals surface area contributed by atoms with Gasteiger partial charge in [-0.3, -0.25) is 4.57 Å². The molecule has 3 rings (SSSR count). The second kappa shape index (κ2) is 3.76. The maximum Gasteiger partial charge on any atom is 0.371 e. The van der Waals surface area contributed by atoms with Crippen molar-refractivity contribution in [1.29, 1.82) is 0 Å². The molecule has 17 heavy (non-hydrogen) atoms. The van der Waals surface area contributed by atoms with Crippen LogP contribution in [0.1, 0.15) is 34.8 Å². The number of imidazole rings is 1. The molecule has 5 heteroatoms. The van der Waals surface area contributed by atoms with Gasteiger partial charge in [-0.1, -0.05) is 0 Å². The Morgan fingerprint density at radius 1 is 1.35 bits per heavy atom. The number of rotatable bonds is 2. The summed E-state index contributed by atoms with van der Waals surface area (Å²) in [5.74, 6) is -0.568. The van der Waals surface area contributed by atoms with Crippen LogP contribution in [0.5, 0.6) is 0 Å². The van der Waals surface area contributed by atoms with Crippen LogP contribution in [0.15, 0.2) is 22.9 Å². The number of hydrogen-bond acceptors (Lipinski definition) is 3. The lowest BCUT2D eigenvalue weighted by molar-refractivity contribution is 0.0662. The van der Waals surface area contributed by atoms with E-state index in [0.717, 1.165) is 30.7 Å². The minimum absolute atomic E-state index is 0.0433. The van der Waals surface area contributed by atoms with E-state index in [-0.39, 0.29) is 5.76 Å². The Bertz CT molecular complexity index is 568. The second-order valence-electron chi connectivity index (χ2n) is 4.16. The van der Waals surface area contributed by atoms with Crippen LogP contribution >= 0.6 is 0 Å². The number of hydrogen-bond donors (Lipinski definition) is 1. The predicted molar refractivity (Wildman–Crippen MR) is 59.4 cm³/mol. The van der Waals surface area contributed by atoms with E-state index < -0.39 is 5.97 Å². The monoisotopic (exact) mass is 232 g/mol. The van der Waals surface area contributed by atoms with Crippen molar-refractivity contribution in [2.24, 2.45) is 0 Å². The summed E-state index contributed by atoms with van der Waals surface area (Å²) in [6.07, 6.45) is 5.99. The molecule has 1 aliphatic rings. The van der Waals surface area contributed by atoms with Gasteiger partial charge >= 0.3 is 5.97 Å². The molecule has 2 aromatic rings. The van der Waals surface area contributed by atoms with Crippen LogP contribution < -0.4 is 0 Å². The normalized spacial score (nSPS) is 14.6. The molecule has 2 aromatic heterocycles. The van der Waals surface area contributed by atoms with Gasteiger partial charge < -0.3 is 9.52 Å². The first-order chi connectivity index (χ1) is 8.25. The quantitative estimate of drug-likeness (QED) is 0.860. The molecule has 0 fully saturated rings. The van der Waals surface area contributed by atoms with Crippen LogP contribution in [0, 0.1) is 0 Å². The van der Waals surface area contributed by atoms with Crippen LogP contribution in [-0.4, -0.2) is 20.6 Å². The molecule has 5 nitrogen and oxygen atoms in total. The first-order valence-electron chi connectivity index (χ1n) is 5.64. The first kappa shape index (κ1) is 10.1. The molecule has 0 radical (unpaired) electrons. The molecule has 0 aromatic carbocycles. The first-order valence-corrected chi connectivity index (χ1v) is 5.64. The van der Waals surface area contributed by atoms with Crippen LogP contribution in [0.25, 0.3) is 5.88 Å². The van der Waals surface area contributed by atoms with Crippen molar-refractivity contribution in [1.82, 2.24) is 9.55 Å². The number of aromatic carboxylic acids is 1. The molecule has 0 spiro atoms. The lowest BCUT2D eigenvalue weighted by Gasteiger charge is -2.12. The van der Waals surface area contributed by atoms with Gasteiger partial charge in [0.05, 0.1) is 5.69 Å². The third kappa shape index (κ3) is 1.63. The van der Waals surface area contributed by atoms with Crippen molar-refractivity contribution in [2.45, 2.75) is 25.7 Å². The summed E-state index contributed by atoms with van der Waals surface area (Å²) < 4.78 is 7.13. The number of aromatic nitrogens is 2. The molecule has 0 saturated carbocycles. The molecule has 88 valence electrons. The van der Waals surface area contributed by atoms with Gasteiger partial charge in [0.15, 0.2) is 0 Å².